The van der Waals surface area contributed by atoms with Crippen LogP contribution in [-0.2, 0) is 10.0 Å². The van der Waals surface area contributed by atoms with Crippen LogP contribution in [0, 0.1) is 5.92 Å². The van der Waals surface area contributed by atoms with Gasteiger partial charge in [-0.05, 0) is 55.7 Å². The molecule has 0 aliphatic heterocycles. The first-order valence-electron chi connectivity index (χ1n) is 9.38. The summed E-state index contributed by atoms with van der Waals surface area (Å²) >= 11 is 0. The number of amides is 1. The van der Waals surface area contributed by atoms with Crippen molar-refractivity contribution in [3.8, 4) is 5.75 Å². The van der Waals surface area contributed by atoms with Crippen LogP contribution < -0.4 is 14.8 Å². The molecule has 28 heavy (non-hydrogen) atoms. The number of para-hydroxylation sites is 1. The van der Waals surface area contributed by atoms with Gasteiger partial charge in [0.2, 0.25) is 10.0 Å². The third-order valence-electron chi connectivity index (χ3n) is 4.10. The number of hydrogen-bond acceptors (Lipinski definition) is 4. The van der Waals surface area contributed by atoms with E-state index in [1.54, 1.807) is 30.3 Å². The number of sulfonamides is 1. The average molecular weight is 405 g/mol. The maximum atomic E-state index is 12.6. The average Bonchev–Trinajstić information content (AvgIpc) is 2.66. The van der Waals surface area contributed by atoms with Gasteiger partial charge in [-0.15, -0.1) is 0 Å². The van der Waals surface area contributed by atoms with Crippen molar-refractivity contribution in [1.29, 1.82) is 0 Å². The van der Waals surface area contributed by atoms with E-state index < -0.39 is 10.0 Å². The second kappa shape index (κ2) is 9.71. The van der Waals surface area contributed by atoms with Crippen molar-refractivity contribution < 1.29 is 17.9 Å². The molecule has 0 bridgehead atoms. The molecule has 152 valence electrons. The van der Waals surface area contributed by atoms with Crippen LogP contribution in [0.4, 0.5) is 5.69 Å². The summed E-state index contributed by atoms with van der Waals surface area (Å²) in [5.41, 5.74) is 0.935. The van der Waals surface area contributed by atoms with Gasteiger partial charge in [0.15, 0.2) is 0 Å². The van der Waals surface area contributed by atoms with Crippen molar-refractivity contribution in [3.05, 3.63) is 54.1 Å². The summed E-state index contributed by atoms with van der Waals surface area (Å²) in [4.78, 5) is 12.8. The Labute approximate surface area is 167 Å². The molecule has 2 N–H and O–H groups in total. The first-order chi connectivity index (χ1) is 13.2. The normalized spacial score (nSPS) is 12.6. The van der Waals surface area contributed by atoms with E-state index in [9.17, 15) is 13.2 Å². The Hall–Kier alpha value is -2.38. The summed E-state index contributed by atoms with van der Waals surface area (Å²) in [6.45, 7) is 8.31. The fraction of sp³-hybridized carbons (Fsp3) is 0.381. The summed E-state index contributed by atoms with van der Waals surface area (Å²) in [5.74, 6) is 0.549. The van der Waals surface area contributed by atoms with Crippen molar-refractivity contribution in [2.24, 2.45) is 5.92 Å². The van der Waals surface area contributed by atoms with Crippen molar-refractivity contribution in [3.63, 3.8) is 0 Å². The minimum Gasteiger partial charge on any atom is -0.492 e. The van der Waals surface area contributed by atoms with Crippen LogP contribution in [0.25, 0.3) is 0 Å². The Morgan fingerprint density at radius 2 is 1.68 bits per heavy atom. The van der Waals surface area contributed by atoms with Gasteiger partial charge in [0.25, 0.3) is 5.91 Å². The van der Waals surface area contributed by atoms with Crippen LogP contribution in [0.5, 0.6) is 5.75 Å². The highest BCUT2D eigenvalue weighted by molar-refractivity contribution is 7.89. The molecule has 2 rings (SSSR count). The quantitative estimate of drug-likeness (QED) is 0.660. The summed E-state index contributed by atoms with van der Waals surface area (Å²) in [7, 11) is -3.57. The van der Waals surface area contributed by atoms with E-state index in [0.29, 0.717) is 35.9 Å². The standard InChI is InChI=1S/C21H28N2O4S/c1-5-16(4)23-28(25,26)18-12-10-17(11-13-18)22-21(24)19-8-6-7-9-20(19)27-14-15(2)3/h6-13,15-16,23H,5,14H2,1-4H3,(H,22,24). The van der Waals surface area contributed by atoms with Gasteiger partial charge in [-0.2, -0.15) is 0 Å². The van der Waals surface area contributed by atoms with E-state index in [4.69, 9.17) is 4.74 Å². The van der Waals surface area contributed by atoms with Gasteiger partial charge in [0.1, 0.15) is 5.75 Å². The summed E-state index contributed by atoms with van der Waals surface area (Å²) in [6.07, 6.45) is 0.700. The molecular weight excluding hydrogens is 376 g/mol. The Morgan fingerprint density at radius 1 is 1.04 bits per heavy atom. The predicted molar refractivity (Wildman–Crippen MR) is 111 cm³/mol. The van der Waals surface area contributed by atoms with Crippen LogP contribution in [0.15, 0.2) is 53.4 Å². The zero-order valence-corrected chi connectivity index (χ0v) is 17.5. The van der Waals surface area contributed by atoms with Crippen molar-refractivity contribution in [1.82, 2.24) is 4.72 Å². The maximum absolute atomic E-state index is 12.6. The molecule has 7 heteroatoms. The molecule has 0 heterocycles. The summed E-state index contributed by atoms with van der Waals surface area (Å²) in [6, 6.07) is 13.0. The molecular formula is C21H28N2O4S. The Kier molecular flexibility index (Phi) is 7.60. The molecule has 2 aromatic rings. The van der Waals surface area contributed by atoms with Gasteiger partial charge in [-0.25, -0.2) is 13.1 Å². The molecule has 0 aliphatic carbocycles. The lowest BCUT2D eigenvalue weighted by Crippen LogP contribution is -2.31. The van der Waals surface area contributed by atoms with E-state index in [1.165, 1.54) is 12.1 Å². The Morgan fingerprint density at radius 3 is 2.29 bits per heavy atom. The number of carbonyl (C=O) groups is 1. The van der Waals surface area contributed by atoms with E-state index >= 15 is 0 Å². The molecule has 0 spiro atoms. The molecule has 0 aliphatic rings. The molecule has 0 saturated heterocycles. The number of rotatable bonds is 9. The predicted octanol–water partition coefficient (Wildman–Crippen LogP) is 4.05. The second-order valence-corrected chi connectivity index (χ2v) is 8.82. The topological polar surface area (TPSA) is 84.5 Å². The van der Waals surface area contributed by atoms with Gasteiger partial charge in [0, 0.05) is 11.7 Å². The first kappa shape index (κ1) is 21.9. The lowest BCUT2D eigenvalue weighted by molar-refractivity contribution is 0.102. The number of carbonyl (C=O) groups excluding carboxylic acids is 1. The zero-order valence-electron chi connectivity index (χ0n) is 16.7. The second-order valence-electron chi connectivity index (χ2n) is 7.11. The van der Waals surface area contributed by atoms with Crippen LogP contribution in [0.3, 0.4) is 0 Å². The van der Waals surface area contributed by atoms with Gasteiger partial charge >= 0.3 is 0 Å². The fourth-order valence-electron chi connectivity index (χ4n) is 2.37. The van der Waals surface area contributed by atoms with Crippen LogP contribution >= 0.6 is 0 Å². The maximum Gasteiger partial charge on any atom is 0.259 e. The molecule has 0 saturated carbocycles. The molecule has 0 radical (unpaired) electrons. The van der Waals surface area contributed by atoms with Crippen LogP contribution in [0.2, 0.25) is 0 Å². The highest BCUT2D eigenvalue weighted by Gasteiger charge is 2.17. The van der Waals surface area contributed by atoms with Gasteiger partial charge in [-0.3, -0.25) is 4.79 Å². The van der Waals surface area contributed by atoms with E-state index in [0.717, 1.165) is 0 Å². The molecule has 1 unspecified atom stereocenters. The molecule has 6 nitrogen and oxygen atoms in total. The minimum atomic E-state index is -3.57. The largest absolute Gasteiger partial charge is 0.492 e. The monoisotopic (exact) mass is 404 g/mol. The lowest BCUT2D eigenvalue weighted by Gasteiger charge is -2.14. The first-order valence-corrected chi connectivity index (χ1v) is 10.9. The van der Waals surface area contributed by atoms with Gasteiger partial charge < -0.3 is 10.1 Å². The lowest BCUT2D eigenvalue weighted by atomic mass is 10.1. The highest BCUT2D eigenvalue weighted by atomic mass is 32.2. The van der Waals surface area contributed by atoms with Crippen molar-refractivity contribution >= 4 is 21.6 Å². The van der Waals surface area contributed by atoms with Crippen LogP contribution in [0.1, 0.15) is 44.5 Å². The van der Waals surface area contributed by atoms with E-state index in [2.05, 4.69) is 10.0 Å². The molecule has 0 fully saturated rings. The fourth-order valence-corrected chi connectivity index (χ4v) is 3.70. The number of nitrogens with one attached hydrogen (secondary N) is 2. The number of ether oxygens (including phenoxy) is 1. The third-order valence-corrected chi connectivity index (χ3v) is 5.70. The Balaban J connectivity index is 2.12. The van der Waals surface area contributed by atoms with Crippen molar-refractivity contribution in [2.45, 2.75) is 45.1 Å². The zero-order chi connectivity index (χ0) is 20.7. The van der Waals surface area contributed by atoms with Gasteiger partial charge in [0.05, 0.1) is 17.1 Å². The minimum absolute atomic E-state index is 0.147. The van der Waals surface area contributed by atoms with Crippen molar-refractivity contribution in [2.75, 3.05) is 11.9 Å². The molecule has 0 aromatic heterocycles. The molecule has 1 atom stereocenters. The third kappa shape index (κ3) is 6.07. The van der Waals surface area contributed by atoms with Crippen LogP contribution in [-0.4, -0.2) is 27.0 Å². The van der Waals surface area contributed by atoms with E-state index in [-0.39, 0.29) is 16.8 Å². The number of anilines is 1. The Bertz CT molecular complexity index is 893. The van der Waals surface area contributed by atoms with Gasteiger partial charge in [-0.1, -0.05) is 32.9 Å². The van der Waals surface area contributed by atoms with E-state index in [1.807, 2.05) is 33.8 Å². The smallest absolute Gasteiger partial charge is 0.259 e. The highest BCUT2D eigenvalue weighted by Crippen LogP contribution is 2.21. The number of hydrogen-bond donors (Lipinski definition) is 2. The summed E-state index contributed by atoms with van der Waals surface area (Å²) in [5, 5.41) is 2.78. The number of benzene rings is 2. The summed E-state index contributed by atoms with van der Waals surface area (Å²) < 4.78 is 33.0. The SMILES string of the molecule is CCC(C)NS(=O)(=O)c1ccc(NC(=O)c2ccccc2OCC(C)C)cc1. The molecule has 1 amide bonds. The molecule has 2 aromatic carbocycles.